The summed E-state index contributed by atoms with van der Waals surface area (Å²) < 4.78 is 13.4. The SMILES string of the molecule is O=C(c1cccc(F)c1)N1CCC2(CC1)SCCN2C(=O)c1ccccc1. The van der Waals surface area contributed by atoms with Crippen molar-refractivity contribution in [3.05, 3.63) is 71.5 Å². The van der Waals surface area contributed by atoms with Crippen molar-refractivity contribution < 1.29 is 14.0 Å². The Hall–Kier alpha value is -2.34. The first-order valence-corrected chi connectivity index (χ1v) is 10.1. The number of carbonyl (C=O) groups excluding carboxylic acids is 2. The first-order valence-electron chi connectivity index (χ1n) is 9.15. The van der Waals surface area contributed by atoms with Crippen molar-refractivity contribution in [3.8, 4) is 0 Å². The molecule has 2 aromatic rings. The molecular weight excluding hydrogens is 363 g/mol. The molecule has 2 fully saturated rings. The molecule has 0 bridgehead atoms. The molecule has 0 radical (unpaired) electrons. The molecule has 2 aliphatic rings. The lowest BCUT2D eigenvalue weighted by Crippen LogP contribution is -2.53. The first kappa shape index (κ1) is 18.0. The van der Waals surface area contributed by atoms with Crippen LogP contribution in [-0.4, -0.2) is 51.9 Å². The molecule has 6 heteroatoms. The summed E-state index contributed by atoms with van der Waals surface area (Å²) in [7, 11) is 0. The van der Waals surface area contributed by atoms with Gasteiger partial charge in [-0.05, 0) is 43.2 Å². The van der Waals surface area contributed by atoms with Gasteiger partial charge in [-0.15, -0.1) is 11.8 Å². The van der Waals surface area contributed by atoms with Crippen molar-refractivity contribution in [2.24, 2.45) is 0 Å². The number of carbonyl (C=O) groups is 2. The molecular formula is C21H21FN2O2S. The Labute approximate surface area is 162 Å². The minimum Gasteiger partial charge on any atom is -0.338 e. The fraction of sp³-hybridized carbons (Fsp3) is 0.333. The predicted octanol–water partition coefficient (Wildman–Crippen LogP) is 3.65. The van der Waals surface area contributed by atoms with Crippen LogP contribution in [0.4, 0.5) is 4.39 Å². The molecule has 0 N–H and O–H groups in total. The predicted molar refractivity (Wildman–Crippen MR) is 104 cm³/mol. The van der Waals surface area contributed by atoms with E-state index in [1.807, 2.05) is 47.0 Å². The third-order valence-electron chi connectivity index (χ3n) is 5.35. The molecule has 2 aliphatic heterocycles. The Bertz CT molecular complexity index is 850. The second-order valence-electron chi connectivity index (χ2n) is 6.92. The number of thioether (sulfide) groups is 1. The van der Waals surface area contributed by atoms with Gasteiger partial charge in [-0.2, -0.15) is 0 Å². The molecule has 0 aliphatic carbocycles. The minimum absolute atomic E-state index is 0.0607. The van der Waals surface area contributed by atoms with Crippen LogP contribution in [0.5, 0.6) is 0 Å². The molecule has 1 spiro atoms. The summed E-state index contributed by atoms with van der Waals surface area (Å²) in [5, 5.41) is 0. The zero-order chi connectivity index (χ0) is 18.9. The Balaban J connectivity index is 1.47. The van der Waals surface area contributed by atoms with Crippen molar-refractivity contribution in [3.63, 3.8) is 0 Å². The number of piperidine rings is 1. The third kappa shape index (κ3) is 3.46. The van der Waals surface area contributed by atoms with Gasteiger partial charge in [0.1, 0.15) is 5.82 Å². The summed E-state index contributed by atoms with van der Waals surface area (Å²) in [6.07, 6.45) is 1.47. The Morgan fingerprint density at radius 3 is 2.30 bits per heavy atom. The molecule has 0 saturated carbocycles. The normalized spacial score (nSPS) is 18.7. The summed E-state index contributed by atoms with van der Waals surface area (Å²) in [6.45, 7) is 1.87. The van der Waals surface area contributed by atoms with Crippen LogP contribution in [0.1, 0.15) is 33.6 Å². The van der Waals surface area contributed by atoms with Crippen LogP contribution in [0.15, 0.2) is 54.6 Å². The maximum absolute atomic E-state index is 13.4. The van der Waals surface area contributed by atoms with E-state index in [2.05, 4.69) is 0 Å². The van der Waals surface area contributed by atoms with E-state index < -0.39 is 5.82 Å². The van der Waals surface area contributed by atoms with Crippen molar-refractivity contribution in [2.75, 3.05) is 25.4 Å². The van der Waals surface area contributed by atoms with Gasteiger partial charge in [-0.1, -0.05) is 24.3 Å². The molecule has 2 amide bonds. The molecule has 0 atom stereocenters. The van der Waals surface area contributed by atoms with Crippen LogP contribution in [-0.2, 0) is 0 Å². The topological polar surface area (TPSA) is 40.6 Å². The summed E-state index contributed by atoms with van der Waals surface area (Å²) in [5.74, 6) is 0.426. The van der Waals surface area contributed by atoms with E-state index in [0.29, 0.717) is 24.2 Å². The monoisotopic (exact) mass is 384 g/mol. The molecule has 4 rings (SSSR count). The number of amides is 2. The van der Waals surface area contributed by atoms with Crippen molar-refractivity contribution in [1.82, 2.24) is 9.80 Å². The lowest BCUT2D eigenvalue weighted by atomic mass is 10.00. The second kappa shape index (κ2) is 7.35. The van der Waals surface area contributed by atoms with Gasteiger partial charge < -0.3 is 9.80 Å². The lowest BCUT2D eigenvalue weighted by molar-refractivity contribution is 0.0497. The third-order valence-corrected chi connectivity index (χ3v) is 6.90. The van der Waals surface area contributed by atoms with Gasteiger partial charge in [0.15, 0.2) is 0 Å². The fourth-order valence-electron chi connectivity index (χ4n) is 3.91. The summed E-state index contributed by atoms with van der Waals surface area (Å²) in [6, 6.07) is 15.2. The van der Waals surface area contributed by atoms with Gasteiger partial charge in [0.25, 0.3) is 11.8 Å². The Morgan fingerprint density at radius 1 is 0.889 bits per heavy atom. The average molecular weight is 384 g/mol. The molecule has 27 heavy (non-hydrogen) atoms. The van der Waals surface area contributed by atoms with Crippen LogP contribution in [0.25, 0.3) is 0 Å². The highest BCUT2D eigenvalue weighted by atomic mass is 32.2. The van der Waals surface area contributed by atoms with Gasteiger partial charge >= 0.3 is 0 Å². The summed E-state index contributed by atoms with van der Waals surface area (Å²) >= 11 is 1.82. The highest BCUT2D eigenvalue weighted by molar-refractivity contribution is 8.00. The average Bonchev–Trinajstić information content (AvgIpc) is 3.11. The second-order valence-corrected chi connectivity index (χ2v) is 8.38. The minimum atomic E-state index is -0.402. The highest BCUT2D eigenvalue weighted by Crippen LogP contribution is 2.44. The van der Waals surface area contributed by atoms with E-state index >= 15 is 0 Å². The number of likely N-dealkylation sites (tertiary alicyclic amines) is 1. The number of hydrogen-bond donors (Lipinski definition) is 0. The number of benzene rings is 2. The maximum atomic E-state index is 13.4. The van der Waals surface area contributed by atoms with Crippen LogP contribution in [0.3, 0.4) is 0 Å². The number of halogens is 1. The van der Waals surface area contributed by atoms with Gasteiger partial charge in [0.2, 0.25) is 0 Å². The number of rotatable bonds is 2. The van der Waals surface area contributed by atoms with Gasteiger partial charge in [0, 0.05) is 36.5 Å². The smallest absolute Gasteiger partial charge is 0.254 e. The Kier molecular flexibility index (Phi) is 4.91. The number of hydrogen-bond acceptors (Lipinski definition) is 3. The molecule has 140 valence electrons. The zero-order valence-corrected chi connectivity index (χ0v) is 15.8. The van der Waals surface area contributed by atoms with E-state index in [4.69, 9.17) is 0 Å². The van der Waals surface area contributed by atoms with E-state index in [-0.39, 0.29) is 16.7 Å². The maximum Gasteiger partial charge on any atom is 0.254 e. The van der Waals surface area contributed by atoms with E-state index in [1.165, 1.54) is 12.1 Å². The summed E-state index contributed by atoms with van der Waals surface area (Å²) in [4.78, 5) is 29.2. The molecule has 2 saturated heterocycles. The number of nitrogens with zero attached hydrogens (tertiary/aromatic N) is 2. The summed E-state index contributed by atoms with van der Waals surface area (Å²) in [5.41, 5.74) is 1.08. The molecule has 0 unspecified atom stereocenters. The van der Waals surface area contributed by atoms with E-state index in [9.17, 15) is 14.0 Å². The first-order chi connectivity index (χ1) is 13.1. The zero-order valence-electron chi connectivity index (χ0n) is 14.9. The largest absolute Gasteiger partial charge is 0.338 e. The van der Waals surface area contributed by atoms with Gasteiger partial charge in [-0.3, -0.25) is 9.59 Å². The van der Waals surface area contributed by atoms with Gasteiger partial charge in [-0.25, -0.2) is 4.39 Å². The van der Waals surface area contributed by atoms with Crippen LogP contribution in [0.2, 0.25) is 0 Å². The van der Waals surface area contributed by atoms with Crippen molar-refractivity contribution >= 4 is 23.6 Å². The molecule has 0 aromatic heterocycles. The van der Waals surface area contributed by atoms with Crippen molar-refractivity contribution in [2.45, 2.75) is 17.7 Å². The lowest BCUT2D eigenvalue weighted by Gasteiger charge is -2.44. The molecule has 2 heterocycles. The quantitative estimate of drug-likeness (QED) is 0.794. The van der Waals surface area contributed by atoms with Crippen molar-refractivity contribution in [1.29, 1.82) is 0 Å². The highest BCUT2D eigenvalue weighted by Gasteiger charge is 2.47. The van der Waals surface area contributed by atoms with E-state index in [1.54, 1.807) is 17.0 Å². The van der Waals surface area contributed by atoms with Gasteiger partial charge in [0.05, 0.1) is 4.87 Å². The van der Waals surface area contributed by atoms with Crippen LogP contribution >= 0.6 is 11.8 Å². The fourth-order valence-corrected chi connectivity index (χ4v) is 5.36. The Morgan fingerprint density at radius 2 is 1.59 bits per heavy atom. The molecule has 2 aromatic carbocycles. The van der Waals surface area contributed by atoms with E-state index in [0.717, 1.165) is 25.1 Å². The standard InChI is InChI=1S/C21H21FN2O2S/c22-18-8-4-7-17(15-18)19(25)23-11-9-21(10-12-23)24(13-14-27-21)20(26)16-5-2-1-3-6-16/h1-8,15H,9-14H2. The molecule has 4 nitrogen and oxygen atoms in total. The van der Waals surface area contributed by atoms with Crippen LogP contribution < -0.4 is 0 Å². The van der Waals surface area contributed by atoms with Crippen LogP contribution in [0, 0.1) is 5.82 Å².